The molecule has 1 aliphatic heterocycles. The van der Waals surface area contributed by atoms with E-state index in [4.69, 9.17) is 4.74 Å². The van der Waals surface area contributed by atoms with E-state index in [1.54, 1.807) is 4.90 Å². The number of hydrogen-bond acceptors (Lipinski definition) is 2. The van der Waals surface area contributed by atoms with Gasteiger partial charge in [0.25, 0.3) is 0 Å². The first-order chi connectivity index (χ1) is 8.36. The summed E-state index contributed by atoms with van der Waals surface area (Å²) in [5.41, 5.74) is 1.47. The fourth-order valence-corrected chi connectivity index (χ4v) is 2.68. The zero-order chi connectivity index (χ0) is 13.5. The van der Waals surface area contributed by atoms with Crippen LogP contribution in [0.25, 0.3) is 0 Å². The van der Waals surface area contributed by atoms with Gasteiger partial charge in [-0.25, -0.2) is 0 Å². The van der Waals surface area contributed by atoms with Crippen LogP contribution in [-0.4, -0.2) is 19.6 Å². The van der Waals surface area contributed by atoms with Crippen molar-refractivity contribution in [1.82, 2.24) is 0 Å². The average Bonchev–Trinajstić information content (AvgIpc) is 2.40. The van der Waals surface area contributed by atoms with Gasteiger partial charge < -0.3 is 9.64 Å². The lowest BCUT2D eigenvalue weighted by molar-refractivity contribution is -0.127. The third-order valence-electron chi connectivity index (χ3n) is 3.31. The van der Waals surface area contributed by atoms with E-state index in [2.05, 4.69) is 28.9 Å². The zero-order valence-electron chi connectivity index (χ0n) is 11.2. The number of nitrogens with zero attached hydrogens (tertiary/aromatic N) is 1. The highest BCUT2D eigenvalue weighted by Gasteiger charge is 2.36. The Morgan fingerprint density at radius 1 is 1.44 bits per heavy atom. The van der Waals surface area contributed by atoms with E-state index in [1.807, 2.05) is 27.0 Å². The molecule has 1 aromatic carbocycles. The number of aryl methyl sites for hydroxylation is 1. The lowest BCUT2D eigenvalue weighted by Gasteiger charge is -2.24. The number of ether oxygens (including phenoxy) is 1. The topological polar surface area (TPSA) is 29.5 Å². The minimum absolute atomic E-state index is 0.0846. The van der Waals surface area contributed by atoms with Crippen LogP contribution < -0.4 is 9.64 Å². The maximum atomic E-state index is 12.4. The Hall–Kier alpha value is -1.03. The fourth-order valence-electron chi connectivity index (χ4n) is 2.19. The van der Waals surface area contributed by atoms with Gasteiger partial charge in [0.05, 0.1) is 11.1 Å². The maximum Gasteiger partial charge on any atom is 0.235 e. The summed E-state index contributed by atoms with van der Waals surface area (Å²) >= 11 is 3.49. The zero-order valence-corrected chi connectivity index (χ0v) is 12.8. The molecular formula is C14H18BrNO2. The van der Waals surface area contributed by atoms with Gasteiger partial charge in [0.1, 0.15) is 12.4 Å². The summed E-state index contributed by atoms with van der Waals surface area (Å²) in [4.78, 5) is 14.1. The highest BCUT2D eigenvalue weighted by atomic mass is 79.9. The van der Waals surface area contributed by atoms with E-state index >= 15 is 0 Å². The molecule has 0 radical (unpaired) electrons. The van der Waals surface area contributed by atoms with E-state index in [-0.39, 0.29) is 5.91 Å². The van der Waals surface area contributed by atoms with E-state index in [9.17, 15) is 4.79 Å². The molecule has 0 bridgehead atoms. The Kier molecular flexibility index (Phi) is 3.41. The van der Waals surface area contributed by atoms with Crippen LogP contribution in [0.1, 0.15) is 26.3 Å². The number of benzene rings is 1. The second kappa shape index (κ2) is 4.57. The van der Waals surface area contributed by atoms with Crippen LogP contribution in [0.5, 0.6) is 5.75 Å². The highest BCUT2D eigenvalue weighted by molar-refractivity contribution is 9.10. The standard InChI is InChI=1S/C14H18BrNO2/c1-5-9-6-10(15)7-11-12(9)18-8-14(2,3)13(17)16(11)4/h6-7H,5,8H2,1-4H3. The molecule has 0 saturated carbocycles. The van der Waals surface area contributed by atoms with Crippen molar-refractivity contribution in [3.63, 3.8) is 0 Å². The predicted molar refractivity (Wildman–Crippen MR) is 76.2 cm³/mol. The first-order valence-corrected chi connectivity index (χ1v) is 6.89. The van der Waals surface area contributed by atoms with Gasteiger partial charge in [-0.05, 0) is 38.0 Å². The van der Waals surface area contributed by atoms with Crippen molar-refractivity contribution in [2.24, 2.45) is 5.41 Å². The second-order valence-corrected chi connectivity index (χ2v) is 6.22. The second-order valence-electron chi connectivity index (χ2n) is 5.30. The SMILES string of the molecule is CCc1cc(Br)cc2c1OCC(C)(C)C(=O)N2C. The lowest BCUT2D eigenvalue weighted by atomic mass is 9.93. The van der Waals surface area contributed by atoms with E-state index in [0.29, 0.717) is 6.61 Å². The molecule has 0 saturated heterocycles. The average molecular weight is 312 g/mol. The minimum atomic E-state index is -0.495. The van der Waals surface area contributed by atoms with Gasteiger partial charge in [0.15, 0.2) is 0 Å². The molecule has 0 unspecified atom stereocenters. The first-order valence-electron chi connectivity index (χ1n) is 6.10. The Balaban J connectivity index is 2.60. The van der Waals surface area contributed by atoms with Gasteiger partial charge in [0.2, 0.25) is 5.91 Å². The molecule has 2 rings (SSSR count). The largest absolute Gasteiger partial charge is 0.490 e. The van der Waals surface area contributed by atoms with Gasteiger partial charge in [-0.2, -0.15) is 0 Å². The molecule has 1 heterocycles. The van der Waals surface area contributed by atoms with Gasteiger partial charge >= 0.3 is 0 Å². The molecule has 0 aliphatic carbocycles. The third-order valence-corrected chi connectivity index (χ3v) is 3.77. The van der Waals surface area contributed by atoms with E-state index in [0.717, 1.165) is 27.9 Å². The quantitative estimate of drug-likeness (QED) is 0.795. The Bertz CT molecular complexity index is 497. The number of hydrogen-bond donors (Lipinski definition) is 0. The Morgan fingerprint density at radius 2 is 2.11 bits per heavy atom. The van der Waals surface area contributed by atoms with Crippen LogP contribution in [-0.2, 0) is 11.2 Å². The molecule has 1 aliphatic rings. The van der Waals surface area contributed by atoms with Crippen molar-refractivity contribution in [2.45, 2.75) is 27.2 Å². The molecular weight excluding hydrogens is 294 g/mol. The van der Waals surface area contributed by atoms with Gasteiger partial charge in [0, 0.05) is 11.5 Å². The molecule has 3 nitrogen and oxygen atoms in total. The van der Waals surface area contributed by atoms with Crippen LogP contribution in [0.2, 0.25) is 0 Å². The number of anilines is 1. The number of carbonyl (C=O) groups is 1. The van der Waals surface area contributed by atoms with Crippen LogP contribution in [0.4, 0.5) is 5.69 Å². The summed E-state index contributed by atoms with van der Waals surface area (Å²) in [6, 6.07) is 3.99. The molecule has 1 amide bonds. The summed E-state index contributed by atoms with van der Waals surface area (Å²) in [7, 11) is 1.81. The fraction of sp³-hybridized carbons (Fsp3) is 0.500. The van der Waals surface area contributed by atoms with Gasteiger partial charge in [-0.3, -0.25) is 4.79 Å². The monoisotopic (exact) mass is 311 g/mol. The molecule has 98 valence electrons. The summed E-state index contributed by atoms with van der Waals surface area (Å²) in [6.07, 6.45) is 0.879. The van der Waals surface area contributed by atoms with Crippen molar-refractivity contribution < 1.29 is 9.53 Å². The molecule has 0 atom stereocenters. The van der Waals surface area contributed by atoms with Crippen LogP contribution in [0.3, 0.4) is 0 Å². The third kappa shape index (κ3) is 2.14. The highest BCUT2D eigenvalue weighted by Crippen LogP contribution is 2.40. The smallest absolute Gasteiger partial charge is 0.235 e. The maximum absolute atomic E-state index is 12.4. The van der Waals surface area contributed by atoms with Crippen LogP contribution in [0, 0.1) is 5.41 Å². The number of fused-ring (bicyclic) bond motifs is 1. The van der Waals surface area contributed by atoms with Crippen molar-refractivity contribution in [2.75, 3.05) is 18.6 Å². The lowest BCUT2D eigenvalue weighted by Crippen LogP contribution is -2.39. The predicted octanol–water partition coefficient (Wildman–Crippen LogP) is 3.39. The molecule has 0 fully saturated rings. The Labute approximate surface area is 116 Å². The molecule has 0 N–H and O–H groups in total. The van der Waals surface area contributed by atoms with Crippen molar-refractivity contribution in [3.8, 4) is 5.75 Å². The number of rotatable bonds is 1. The normalized spacial score (nSPS) is 18.1. The van der Waals surface area contributed by atoms with Crippen LogP contribution >= 0.6 is 15.9 Å². The summed E-state index contributed by atoms with van der Waals surface area (Å²) < 4.78 is 6.87. The number of halogens is 1. The first kappa shape index (κ1) is 13.4. The molecule has 1 aromatic rings. The molecule has 0 aromatic heterocycles. The van der Waals surface area contributed by atoms with E-state index < -0.39 is 5.41 Å². The summed E-state index contributed by atoms with van der Waals surface area (Å²) in [5.74, 6) is 0.920. The number of amides is 1. The summed E-state index contributed by atoms with van der Waals surface area (Å²) in [5, 5.41) is 0. The van der Waals surface area contributed by atoms with Gasteiger partial charge in [-0.1, -0.05) is 22.9 Å². The Morgan fingerprint density at radius 3 is 2.72 bits per heavy atom. The molecule has 0 spiro atoms. The van der Waals surface area contributed by atoms with Crippen molar-refractivity contribution in [1.29, 1.82) is 0 Å². The molecule has 18 heavy (non-hydrogen) atoms. The van der Waals surface area contributed by atoms with Crippen LogP contribution in [0.15, 0.2) is 16.6 Å². The minimum Gasteiger partial charge on any atom is -0.490 e. The molecule has 4 heteroatoms. The number of carbonyl (C=O) groups excluding carboxylic acids is 1. The summed E-state index contributed by atoms with van der Waals surface area (Å²) in [6.45, 7) is 6.33. The van der Waals surface area contributed by atoms with E-state index in [1.165, 1.54) is 0 Å². The van der Waals surface area contributed by atoms with Gasteiger partial charge in [-0.15, -0.1) is 0 Å². The van der Waals surface area contributed by atoms with Crippen molar-refractivity contribution in [3.05, 3.63) is 22.2 Å². The van der Waals surface area contributed by atoms with Crippen molar-refractivity contribution >= 4 is 27.5 Å².